The smallest absolute Gasteiger partial charge is 0.343 e. The number of aromatic nitrogens is 1. The second-order valence-electron chi connectivity index (χ2n) is 8.24. The van der Waals surface area contributed by atoms with Crippen LogP contribution in [0.3, 0.4) is 0 Å². The number of hydrogen-bond donors (Lipinski definition) is 0. The molecule has 1 aliphatic rings. The van der Waals surface area contributed by atoms with Crippen molar-refractivity contribution in [2.45, 2.75) is 17.7 Å². The second-order valence-corrected chi connectivity index (χ2v) is 11.1. The first-order chi connectivity index (χ1) is 16.3. The lowest BCUT2D eigenvalue weighted by atomic mass is 10.0. The molecule has 34 heavy (non-hydrogen) atoms. The van der Waals surface area contributed by atoms with Crippen molar-refractivity contribution in [2.24, 2.45) is 0 Å². The van der Waals surface area contributed by atoms with Crippen molar-refractivity contribution >= 4 is 48.4 Å². The normalized spacial score (nSPS) is 13.5. The lowest BCUT2D eigenvalue weighted by Crippen LogP contribution is -2.35. The van der Waals surface area contributed by atoms with E-state index in [0.29, 0.717) is 18.0 Å². The van der Waals surface area contributed by atoms with Gasteiger partial charge in [0, 0.05) is 26.7 Å². The van der Waals surface area contributed by atoms with Crippen molar-refractivity contribution in [1.29, 1.82) is 0 Å². The van der Waals surface area contributed by atoms with Crippen LogP contribution in [0.2, 0.25) is 0 Å². The number of nitrogens with zero attached hydrogens (tertiary/aromatic N) is 3. The quantitative estimate of drug-likeness (QED) is 0.296. The average Bonchev–Trinajstić information content (AvgIpc) is 3.28. The molecule has 0 saturated heterocycles. The Kier molecular flexibility index (Phi) is 5.75. The largest absolute Gasteiger partial charge is 0.423 e. The third-order valence-corrected chi connectivity index (χ3v) is 8.70. The number of sulfonamides is 1. The number of rotatable bonds is 5. The van der Waals surface area contributed by atoms with Gasteiger partial charge in [-0.15, -0.1) is 0 Å². The van der Waals surface area contributed by atoms with Gasteiger partial charge in [0.25, 0.3) is 10.0 Å². The van der Waals surface area contributed by atoms with Crippen LogP contribution in [0.15, 0.2) is 71.6 Å². The molecule has 5 rings (SSSR count). The van der Waals surface area contributed by atoms with Crippen LogP contribution in [-0.4, -0.2) is 40.0 Å². The summed E-state index contributed by atoms with van der Waals surface area (Å²) in [7, 11) is 0.112. The number of esters is 1. The minimum absolute atomic E-state index is 0.142. The molecule has 0 N–H and O–H groups in total. The number of hydrogen-bond acceptors (Lipinski definition) is 7. The fraction of sp³-hybridized carbons (Fsp3) is 0.200. The molecule has 0 bridgehead atoms. The standard InChI is InChI=1S/C25H23N3O4S2/c1-27(2)25-26-21-14-11-19(16-23(21)33-25)32-24(29)18-9-12-20(13-10-18)34(30,31)28-15-5-7-17-6-3-4-8-22(17)28/h3-4,6,8-14,16H,5,7,15H2,1-2H3. The number of para-hydroxylation sites is 1. The first kappa shape index (κ1) is 22.4. The maximum Gasteiger partial charge on any atom is 0.343 e. The fourth-order valence-electron chi connectivity index (χ4n) is 3.95. The van der Waals surface area contributed by atoms with Crippen LogP contribution in [0, 0.1) is 0 Å². The van der Waals surface area contributed by atoms with Gasteiger partial charge in [0.15, 0.2) is 5.13 Å². The maximum absolute atomic E-state index is 13.3. The van der Waals surface area contributed by atoms with Crippen LogP contribution in [0.1, 0.15) is 22.3 Å². The Morgan fingerprint density at radius 2 is 1.82 bits per heavy atom. The van der Waals surface area contributed by atoms with Gasteiger partial charge in [-0.2, -0.15) is 0 Å². The summed E-state index contributed by atoms with van der Waals surface area (Å²) in [6, 6.07) is 18.7. The lowest BCUT2D eigenvalue weighted by Gasteiger charge is -2.30. The van der Waals surface area contributed by atoms with Crippen molar-refractivity contribution in [3.05, 3.63) is 77.9 Å². The topological polar surface area (TPSA) is 79.8 Å². The Bertz CT molecular complexity index is 1480. The molecule has 0 radical (unpaired) electrons. The highest BCUT2D eigenvalue weighted by Crippen LogP contribution is 2.33. The van der Waals surface area contributed by atoms with Gasteiger partial charge < -0.3 is 9.64 Å². The van der Waals surface area contributed by atoms with Crippen LogP contribution in [0.4, 0.5) is 10.8 Å². The highest BCUT2D eigenvalue weighted by atomic mass is 32.2. The summed E-state index contributed by atoms with van der Waals surface area (Å²) in [5, 5.41) is 0.867. The van der Waals surface area contributed by atoms with Crippen LogP contribution in [0.25, 0.3) is 10.2 Å². The molecule has 1 aromatic heterocycles. The van der Waals surface area contributed by atoms with Gasteiger partial charge in [0.2, 0.25) is 0 Å². The molecular formula is C25H23N3O4S2. The van der Waals surface area contributed by atoms with Crippen molar-refractivity contribution in [3.63, 3.8) is 0 Å². The number of thiazole rings is 1. The maximum atomic E-state index is 13.3. The Hall–Kier alpha value is -3.43. The number of ether oxygens (including phenoxy) is 1. The van der Waals surface area contributed by atoms with Crippen molar-refractivity contribution in [2.75, 3.05) is 29.8 Å². The zero-order valence-electron chi connectivity index (χ0n) is 18.8. The van der Waals surface area contributed by atoms with E-state index in [-0.39, 0.29) is 10.5 Å². The van der Waals surface area contributed by atoms with Crippen LogP contribution in [-0.2, 0) is 16.4 Å². The van der Waals surface area contributed by atoms with E-state index >= 15 is 0 Å². The lowest BCUT2D eigenvalue weighted by molar-refractivity contribution is 0.0735. The van der Waals surface area contributed by atoms with Gasteiger partial charge in [-0.3, -0.25) is 4.31 Å². The van der Waals surface area contributed by atoms with E-state index in [4.69, 9.17) is 4.74 Å². The third kappa shape index (κ3) is 4.12. The van der Waals surface area contributed by atoms with E-state index in [0.717, 1.165) is 33.8 Å². The number of carbonyl (C=O) groups is 1. The van der Waals surface area contributed by atoms with E-state index in [9.17, 15) is 13.2 Å². The van der Waals surface area contributed by atoms with E-state index in [1.807, 2.05) is 49.3 Å². The van der Waals surface area contributed by atoms with Gasteiger partial charge in [0.1, 0.15) is 5.75 Å². The Morgan fingerprint density at radius 3 is 2.59 bits per heavy atom. The second kappa shape index (κ2) is 8.73. The zero-order chi connectivity index (χ0) is 23.9. The predicted molar refractivity (Wildman–Crippen MR) is 135 cm³/mol. The van der Waals surface area contributed by atoms with E-state index in [2.05, 4.69) is 4.98 Å². The van der Waals surface area contributed by atoms with Gasteiger partial charge in [0.05, 0.1) is 26.4 Å². The number of benzene rings is 3. The molecule has 0 amide bonds. The molecule has 0 fully saturated rings. The van der Waals surface area contributed by atoms with Gasteiger partial charge in [-0.25, -0.2) is 18.2 Å². The van der Waals surface area contributed by atoms with Crippen LogP contribution in [0.5, 0.6) is 5.75 Å². The minimum Gasteiger partial charge on any atom is -0.423 e. The minimum atomic E-state index is -3.73. The van der Waals surface area contributed by atoms with E-state index in [1.165, 1.54) is 39.9 Å². The molecule has 3 aromatic carbocycles. The molecule has 7 nitrogen and oxygen atoms in total. The summed E-state index contributed by atoms with van der Waals surface area (Å²) in [4.78, 5) is 19.3. The number of anilines is 2. The van der Waals surface area contributed by atoms with Crippen LogP contribution < -0.4 is 13.9 Å². The van der Waals surface area contributed by atoms with Gasteiger partial charge >= 0.3 is 5.97 Å². The van der Waals surface area contributed by atoms with Crippen molar-refractivity contribution < 1.29 is 17.9 Å². The fourth-order valence-corrected chi connectivity index (χ4v) is 6.41. The molecule has 0 atom stereocenters. The Labute approximate surface area is 202 Å². The molecule has 2 heterocycles. The SMILES string of the molecule is CN(C)c1nc2ccc(OC(=O)c3ccc(S(=O)(=O)N4CCCc5ccccc54)cc3)cc2s1. The molecule has 0 aliphatic carbocycles. The summed E-state index contributed by atoms with van der Waals surface area (Å²) in [6.07, 6.45) is 1.62. The van der Waals surface area contributed by atoms with Crippen LogP contribution >= 0.6 is 11.3 Å². The molecular weight excluding hydrogens is 470 g/mol. The Morgan fingerprint density at radius 1 is 1.06 bits per heavy atom. The first-order valence-electron chi connectivity index (χ1n) is 10.8. The predicted octanol–water partition coefficient (Wildman–Crippen LogP) is 4.72. The molecule has 0 saturated carbocycles. The number of aryl methyl sites for hydroxylation is 1. The van der Waals surface area contributed by atoms with E-state index < -0.39 is 16.0 Å². The summed E-state index contributed by atoms with van der Waals surface area (Å²) in [5.74, 6) is -0.142. The van der Waals surface area contributed by atoms with Gasteiger partial charge in [-0.1, -0.05) is 29.5 Å². The van der Waals surface area contributed by atoms with Gasteiger partial charge in [-0.05, 0) is 60.9 Å². The number of carbonyl (C=O) groups excluding carboxylic acids is 1. The molecule has 9 heteroatoms. The first-order valence-corrected chi connectivity index (χ1v) is 13.1. The summed E-state index contributed by atoms with van der Waals surface area (Å²) in [6.45, 7) is 0.429. The third-order valence-electron chi connectivity index (χ3n) is 5.69. The summed E-state index contributed by atoms with van der Waals surface area (Å²) >= 11 is 1.51. The summed E-state index contributed by atoms with van der Waals surface area (Å²) in [5.41, 5.74) is 2.85. The molecule has 1 aliphatic heterocycles. The zero-order valence-corrected chi connectivity index (χ0v) is 20.4. The number of fused-ring (bicyclic) bond motifs is 2. The molecule has 174 valence electrons. The highest BCUT2D eigenvalue weighted by molar-refractivity contribution is 7.92. The molecule has 4 aromatic rings. The summed E-state index contributed by atoms with van der Waals surface area (Å²) < 4.78 is 34.5. The average molecular weight is 494 g/mol. The Balaban J connectivity index is 1.35. The van der Waals surface area contributed by atoms with E-state index in [1.54, 1.807) is 12.1 Å². The molecule has 0 spiro atoms. The highest BCUT2D eigenvalue weighted by Gasteiger charge is 2.29. The van der Waals surface area contributed by atoms with Crippen molar-refractivity contribution in [1.82, 2.24) is 4.98 Å². The molecule has 0 unspecified atom stereocenters. The monoisotopic (exact) mass is 493 g/mol. The van der Waals surface area contributed by atoms with Crippen molar-refractivity contribution in [3.8, 4) is 5.75 Å².